The lowest BCUT2D eigenvalue weighted by molar-refractivity contribution is -0.121. The van der Waals surface area contributed by atoms with Crippen LogP contribution in [0.1, 0.15) is 37.1 Å². The first-order valence-electron chi connectivity index (χ1n) is 9.71. The predicted octanol–water partition coefficient (Wildman–Crippen LogP) is 1.90. The van der Waals surface area contributed by atoms with E-state index < -0.39 is 0 Å². The van der Waals surface area contributed by atoms with Crippen LogP contribution in [0.2, 0.25) is 0 Å². The maximum absolute atomic E-state index is 14.0. The summed E-state index contributed by atoms with van der Waals surface area (Å²) in [5, 5.41) is 5.73. The Hall–Kier alpha value is -3.07. The summed E-state index contributed by atoms with van der Waals surface area (Å²) in [5.41, 5.74) is 7.47. The van der Waals surface area contributed by atoms with Crippen molar-refractivity contribution in [1.29, 1.82) is 0 Å². The Labute approximate surface area is 169 Å². The number of halogens is 1. The third-order valence-corrected chi connectivity index (χ3v) is 4.94. The number of nitrogens with one attached hydrogen (secondary N) is 2. The lowest BCUT2D eigenvalue weighted by Gasteiger charge is -2.25. The molecule has 154 valence electrons. The number of nitrogens with zero attached hydrogens (tertiary/aromatic N) is 5. The van der Waals surface area contributed by atoms with Gasteiger partial charge in [0.1, 0.15) is 5.82 Å². The number of pyridine rings is 1. The van der Waals surface area contributed by atoms with Gasteiger partial charge in [0.2, 0.25) is 0 Å². The van der Waals surface area contributed by atoms with Gasteiger partial charge in [0, 0.05) is 44.1 Å². The second-order valence-electron chi connectivity index (χ2n) is 6.80. The third kappa shape index (κ3) is 5.26. The number of fused-ring (bicyclic) bond motifs is 3. The van der Waals surface area contributed by atoms with Crippen molar-refractivity contribution in [3.05, 3.63) is 53.9 Å². The van der Waals surface area contributed by atoms with Crippen LogP contribution in [-0.2, 0) is 11.2 Å². The lowest BCUT2D eigenvalue weighted by atomic mass is 10.0. The molecule has 0 unspecified atom stereocenters. The molecular weight excluding hydrogens is 373 g/mol. The van der Waals surface area contributed by atoms with Crippen molar-refractivity contribution in [2.75, 3.05) is 19.6 Å². The maximum Gasteiger partial charge on any atom is 0.268 e. The summed E-state index contributed by atoms with van der Waals surface area (Å²) >= 11 is 0. The molecule has 29 heavy (non-hydrogen) atoms. The quantitative estimate of drug-likeness (QED) is 0.597. The monoisotopic (exact) mass is 399 g/mol. The number of rotatable bonds is 4. The van der Waals surface area contributed by atoms with Gasteiger partial charge in [-0.2, -0.15) is 5.10 Å². The number of hydrazone groups is 1. The van der Waals surface area contributed by atoms with Gasteiger partial charge < -0.3 is 4.90 Å². The molecule has 1 aromatic rings. The van der Waals surface area contributed by atoms with Crippen LogP contribution in [0.5, 0.6) is 0 Å². The van der Waals surface area contributed by atoms with Crippen LogP contribution in [0.3, 0.4) is 0 Å². The Morgan fingerprint density at radius 2 is 2.34 bits per heavy atom. The predicted molar refractivity (Wildman–Crippen MR) is 110 cm³/mol. The van der Waals surface area contributed by atoms with Gasteiger partial charge in [-0.05, 0) is 24.5 Å². The highest BCUT2D eigenvalue weighted by Crippen LogP contribution is 2.33. The van der Waals surface area contributed by atoms with E-state index in [0.717, 1.165) is 30.6 Å². The SMILES string of the molecule is C=CN/N=C\C1=C\N=CN2CCC[C@@H]2c2cc(F)cnc2CCN(CC)NC1=O. The number of hydrazine groups is 1. The minimum Gasteiger partial charge on any atom is -0.355 e. The van der Waals surface area contributed by atoms with E-state index in [1.165, 1.54) is 24.8 Å². The van der Waals surface area contributed by atoms with Crippen LogP contribution in [0.15, 0.2) is 46.9 Å². The summed E-state index contributed by atoms with van der Waals surface area (Å²) in [6.45, 7) is 7.44. The van der Waals surface area contributed by atoms with Gasteiger partial charge in [0.15, 0.2) is 0 Å². The minimum atomic E-state index is -0.342. The molecule has 0 saturated carbocycles. The highest BCUT2D eigenvalue weighted by atomic mass is 19.1. The Morgan fingerprint density at radius 1 is 1.48 bits per heavy atom. The van der Waals surface area contributed by atoms with Crippen LogP contribution in [0, 0.1) is 5.82 Å². The highest BCUT2D eigenvalue weighted by Gasteiger charge is 2.27. The number of carbonyl (C=O) groups is 1. The van der Waals surface area contributed by atoms with Gasteiger partial charge in [0.25, 0.3) is 5.91 Å². The molecular formula is C20H26FN7O. The largest absolute Gasteiger partial charge is 0.355 e. The Bertz CT molecular complexity index is 836. The van der Waals surface area contributed by atoms with Crippen LogP contribution in [-0.4, -0.2) is 53.0 Å². The molecule has 8 nitrogen and oxygen atoms in total. The topological polar surface area (TPSA) is 85.2 Å². The molecule has 1 amide bonds. The number of hydrogen-bond acceptors (Lipinski definition) is 7. The minimum absolute atomic E-state index is 0.0180. The van der Waals surface area contributed by atoms with Crippen LogP contribution >= 0.6 is 0 Å². The van der Waals surface area contributed by atoms with Crippen LogP contribution < -0.4 is 10.9 Å². The zero-order valence-electron chi connectivity index (χ0n) is 16.5. The normalized spacial score (nSPS) is 22.6. The van der Waals surface area contributed by atoms with Crippen molar-refractivity contribution in [2.45, 2.75) is 32.2 Å². The number of aromatic nitrogens is 1. The van der Waals surface area contributed by atoms with Gasteiger partial charge in [-0.3, -0.25) is 20.6 Å². The summed E-state index contributed by atoms with van der Waals surface area (Å²) in [4.78, 5) is 23.4. The van der Waals surface area contributed by atoms with Crippen molar-refractivity contribution in [3.8, 4) is 0 Å². The van der Waals surface area contributed by atoms with E-state index in [4.69, 9.17) is 0 Å². The highest BCUT2D eigenvalue weighted by molar-refractivity contribution is 6.11. The zero-order chi connectivity index (χ0) is 20.6. The van der Waals surface area contributed by atoms with Crippen LogP contribution in [0.4, 0.5) is 4.39 Å². The summed E-state index contributed by atoms with van der Waals surface area (Å²) in [5.74, 6) is -0.659. The maximum atomic E-state index is 14.0. The lowest BCUT2D eigenvalue weighted by Crippen LogP contribution is -2.44. The Morgan fingerprint density at radius 3 is 3.14 bits per heavy atom. The molecule has 0 bridgehead atoms. The average Bonchev–Trinajstić information content (AvgIpc) is 3.18. The first kappa shape index (κ1) is 20.7. The number of aliphatic imine (C=N–C) groups is 1. The Balaban J connectivity index is 1.97. The molecule has 2 aliphatic rings. The molecule has 3 heterocycles. The van der Waals surface area contributed by atoms with E-state index in [-0.39, 0.29) is 17.8 Å². The molecule has 9 heteroatoms. The van der Waals surface area contributed by atoms with Crippen molar-refractivity contribution in [3.63, 3.8) is 0 Å². The first-order chi connectivity index (χ1) is 14.1. The fourth-order valence-corrected chi connectivity index (χ4v) is 3.49. The molecule has 1 saturated heterocycles. The van der Waals surface area contributed by atoms with E-state index in [0.29, 0.717) is 25.1 Å². The van der Waals surface area contributed by atoms with Crippen LogP contribution in [0.25, 0.3) is 0 Å². The van der Waals surface area contributed by atoms with Crippen molar-refractivity contribution >= 4 is 18.5 Å². The molecule has 1 atom stereocenters. The number of hydrogen-bond donors (Lipinski definition) is 2. The van der Waals surface area contributed by atoms with Crippen molar-refractivity contribution in [1.82, 2.24) is 25.7 Å². The van der Waals surface area contributed by atoms with Gasteiger partial charge in [-0.15, -0.1) is 0 Å². The standard InChI is InChI=1S/C20H26FN7O/c1-3-24-25-12-15-11-22-14-27-8-5-6-19(27)17-10-16(21)13-23-18(17)7-9-28(4-2)26-20(15)29/h3,10-14,19,24H,1,4-9H2,2H3,(H,26,29)/b15-11-,22-14?,25-12-/t19-/m1/s1. The molecule has 0 aromatic carbocycles. The van der Waals surface area contributed by atoms with E-state index in [1.54, 1.807) is 17.4 Å². The van der Waals surface area contributed by atoms with Gasteiger partial charge in [0.05, 0.1) is 30.4 Å². The number of likely N-dealkylation sites (N-methyl/N-ethyl adjacent to an activating group) is 1. The average molecular weight is 399 g/mol. The van der Waals surface area contributed by atoms with E-state index >= 15 is 0 Å². The van der Waals surface area contributed by atoms with Crippen molar-refractivity contribution in [2.24, 2.45) is 10.1 Å². The molecule has 1 fully saturated rings. The van der Waals surface area contributed by atoms with Gasteiger partial charge in [-0.1, -0.05) is 13.5 Å². The smallest absolute Gasteiger partial charge is 0.268 e. The molecule has 3 rings (SSSR count). The molecule has 0 aliphatic carbocycles. The second kappa shape index (κ2) is 9.92. The van der Waals surface area contributed by atoms with E-state index in [1.807, 2.05) is 6.92 Å². The summed E-state index contributed by atoms with van der Waals surface area (Å²) in [7, 11) is 0. The third-order valence-electron chi connectivity index (χ3n) is 4.94. The van der Waals surface area contributed by atoms with Gasteiger partial charge in [-0.25, -0.2) is 14.4 Å². The zero-order valence-corrected chi connectivity index (χ0v) is 16.5. The van der Waals surface area contributed by atoms with Crippen molar-refractivity contribution < 1.29 is 9.18 Å². The van der Waals surface area contributed by atoms with E-state index in [9.17, 15) is 9.18 Å². The summed E-state index contributed by atoms with van der Waals surface area (Å²) in [6.07, 6.45) is 9.70. The van der Waals surface area contributed by atoms with E-state index in [2.05, 4.69) is 37.4 Å². The number of amides is 1. The molecule has 0 radical (unpaired) electrons. The second-order valence-corrected chi connectivity index (χ2v) is 6.80. The number of carbonyl (C=O) groups excluding carboxylic acids is 1. The molecule has 0 spiro atoms. The summed E-state index contributed by atoms with van der Waals surface area (Å²) < 4.78 is 14.0. The molecule has 1 aromatic heterocycles. The fourth-order valence-electron chi connectivity index (χ4n) is 3.49. The van der Waals surface area contributed by atoms with Gasteiger partial charge >= 0.3 is 0 Å². The Kier molecular flexibility index (Phi) is 7.07. The molecule has 2 N–H and O–H groups in total. The molecule has 2 aliphatic heterocycles. The summed E-state index contributed by atoms with van der Waals surface area (Å²) in [6, 6.07) is 1.59. The first-order valence-corrected chi connectivity index (χ1v) is 9.71. The fraction of sp³-hybridized carbons (Fsp3) is 0.400.